The van der Waals surface area contributed by atoms with E-state index in [9.17, 15) is 0 Å². The Kier molecular flexibility index (Phi) is 3.86. The number of allylic oxidation sites excluding steroid dienone is 1. The molecule has 0 bridgehead atoms. The largest absolute Gasteiger partial charge is 0.0986 e. The Bertz CT molecular complexity index is 562. The lowest BCUT2D eigenvalue weighted by Gasteiger charge is -2.07. The lowest BCUT2D eigenvalue weighted by molar-refractivity contribution is 1.01. The van der Waals surface area contributed by atoms with Gasteiger partial charge in [-0.15, -0.1) is 0 Å². The highest BCUT2D eigenvalue weighted by Crippen LogP contribution is 2.61. The van der Waals surface area contributed by atoms with E-state index in [4.69, 9.17) is 0 Å². The molecular formula is C20H24Si. The molecule has 1 heteroatoms. The molecule has 0 N–H and O–H groups in total. The zero-order chi connectivity index (χ0) is 14.9. The molecule has 0 unspecified atom stereocenters. The molecular weight excluding hydrogens is 268 g/mol. The second-order valence-corrected chi connectivity index (χ2v) is 12.2. The number of benzene rings is 2. The molecule has 2 aromatic carbocycles. The molecule has 1 aliphatic rings. The van der Waals surface area contributed by atoms with Gasteiger partial charge in [0.15, 0.2) is 0 Å². The Morgan fingerprint density at radius 3 is 1.52 bits per heavy atom. The third-order valence-electron chi connectivity index (χ3n) is 4.26. The third kappa shape index (κ3) is 3.35. The molecule has 1 aliphatic carbocycles. The van der Waals surface area contributed by atoms with Crippen LogP contribution in [0, 0.1) is 5.92 Å². The van der Waals surface area contributed by atoms with Crippen molar-refractivity contribution >= 4 is 8.07 Å². The summed E-state index contributed by atoms with van der Waals surface area (Å²) in [4.78, 5) is 0. The van der Waals surface area contributed by atoms with Crippen molar-refractivity contribution < 1.29 is 0 Å². The molecule has 3 rings (SSSR count). The van der Waals surface area contributed by atoms with Gasteiger partial charge in [-0.25, -0.2) is 0 Å². The van der Waals surface area contributed by atoms with Gasteiger partial charge in [0.05, 0.1) is 8.07 Å². The van der Waals surface area contributed by atoms with E-state index in [-0.39, 0.29) is 0 Å². The Labute approximate surface area is 129 Å². The fourth-order valence-corrected chi connectivity index (χ4v) is 3.98. The van der Waals surface area contributed by atoms with Crippen LogP contribution in [0.15, 0.2) is 72.4 Å². The van der Waals surface area contributed by atoms with Crippen LogP contribution in [0.4, 0.5) is 0 Å². The van der Waals surface area contributed by atoms with Crippen molar-refractivity contribution in [2.45, 2.75) is 31.5 Å². The van der Waals surface area contributed by atoms with Gasteiger partial charge in [-0.3, -0.25) is 0 Å². The fraction of sp³-hybridized carbons (Fsp3) is 0.300. The van der Waals surface area contributed by atoms with Gasteiger partial charge in [-0.05, 0) is 28.9 Å². The van der Waals surface area contributed by atoms with Crippen LogP contribution >= 0.6 is 0 Å². The number of hydrogen-bond donors (Lipinski definition) is 0. The van der Waals surface area contributed by atoms with Crippen molar-refractivity contribution in [2.24, 2.45) is 5.92 Å². The molecule has 0 heterocycles. The standard InChI is InChI=1S/C20H24Si/c1-21(2,3)15-14-18-19(16-10-6-4-7-11-16)20(18)17-12-8-5-9-13-17/h4-15,18-20H,1-3H3/b15-14+/t19-,20-/m1/s1. The van der Waals surface area contributed by atoms with Gasteiger partial charge < -0.3 is 0 Å². The minimum Gasteiger partial charge on any atom is -0.0986 e. The predicted molar refractivity (Wildman–Crippen MR) is 94.3 cm³/mol. The van der Waals surface area contributed by atoms with Crippen LogP contribution in [0.1, 0.15) is 23.0 Å². The Morgan fingerprint density at radius 1 is 0.714 bits per heavy atom. The average Bonchev–Trinajstić information content (AvgIpc) is 3.21. The van der Waals surface area contributed by atoms with Gasteiger partial charge in [-0.1, -0.05) is 92.1 Å². The smallest absolute Gasteiger partial charge is 0.0683 e. The molecule has 2 atom stereocenters. The van der Waals surface area contributed by atoms with Crippen LogP contribution in [0.5, 0.6) is 0 Å². The number of rotatable bonds is 4. The molecule has 21 heavy (non-hydrogen) atoms. The monoisotopic (exact) mass is 292 g/mol. The zero-order valence-corrected chi connectivity index (χ0v) is 14.2. The molecule has 0 radical (unpaired) electrons. The highest BCUT2D eigenvalue weighted by Gasteiger charge is 2.49. The summed E-state index contributed by atoms with van der Waals surface area (Å²) in [6.45, 7) is 7.21. The Morgan fingerprint density at radius 2 is 1.14 bits per heavy atom. The van der Waals surface area contributed by atoms with Gasteiger partial charge in [-0.2, -0.15) is 0 Å². The maximum absolute atomic E-state index is 2.51. The molecule has 1 fully saturated rings. The van der Waals surface area contributed by atoms with Gasteiger partial charge in [0.1, 0.15) is 0 Å². The van der Waals surface area contributed by atoms with Crippen LogP contribution in [0.3, 0.4) is 0 Å². The molecule has 0 spiro atoms. The molecule has 0 aliphatic heterocycles. The van der Waals surface area contributed by atoms with E-state index >= 15 is 0 Å². The second-order valence-electron chi connectivity index (χ2n) is 7.18. The van der Waals surface area contributed by atoms with Gasteiger partial charge in [0, 0.05) is 0 Å². The summed E-state index contributed by atoms with van der Waals surface area (Å²) in [7, 11) is -1.12. The van der Waals surface area contributed by atoms with Gasteiger partial charge in [0.2, 0.25) is 0 Å². The van der Waals surface area contributed by atoms with E-state index in [1.165, 1.54) is 11.1 Å². The quantitative estimate of drug-likeness (QED) is 0.642. The molecule has 0 aromatic heterocycles. The van der Waals surface area contributed by atoms with Gasteiger partial charge in [0.25, 0.3) is 0 Å². The van der Waals surface area contributed by atoms with Crippen LogP contribution in [0.2, 0.25) is 19.6 Å². The summed E-state index contributed by atoms with van der Waals surface area (Å²) in [5.41, 5.74) is 5.48. The molecule has 108 valence electrons. The molecule has 1 saturated carbocycles. The van der Waals surface area contributed by atoms with E-state index in [1.54, 1.807) is 0 Å². The summed E-state index contributed by atoms with van der Waals surface area (Å²) in [6.07, 6.45) is 2.50. The highest BCUT2D eigenvalue weighted by molar-refractivity contribution is 6.80. The van der Waals surface area contributed by atoms with Crippen molar-refractivity contribution in [1.82, 2.24) is 0 Å². The van der Waals surface area contributed by atoms with Crippen LogP contribution < -0.4 is 0 Å². The number of hydrogen-bond acceptors (Lipinski definition) is 0. The normalized spacial score (nSPS) is 25.2. The van der Waals surface area contributed by atoms with E-state index in [2.05, 4.69) is 92.1 Å². The summed E-state index contributed by atoms with van der Waals surface area (Å²) < 4.78 is 0. The van der Waals surface area contributed by atoms with Crippen molar-refractivity contribution in [3.05, 3.63) is 83.6 Å². The average molecular weight is 292 g/mol. The van der Waals surface area contributed by atoms with Crippen molar-refractivity contribution in [2.75, 3.05) is 0 Å². The third-order valence-corrected chi connectivity index (χ3v) is 5.46. The minimum atomic E-state index is -1.12. The topological polar surface area (TPSA) is 0 Å². The van der Waals surface area contributed by atoms with Crippen molar-refractivity contribution in [1.29, 1.82) is 0 Å². The highest BCUT2D eigenvalue weighted by atomic mass is 28.3. The molecule has 2 aromatic rings. The maximum atomic E-state index is 2.51. The SMILES string of the molecule is C[Si](C)(C)/C=C/C1[C@@H](c2ccccc2)[C@@H]1c1ccccc1. The summed E-state index contributed by atoms with van der Waals surface area (Å²) in [5, 5.41) is 0. The first-order valence-corrected chi connectivity index (χ1v) is 11.4. The van der Waals surface area contributed by atoms with Gasteiger partial charge >= 0.3 is 0 Å². The first-order chi connectivity index (χ1) is 10.1. The maximum Gasteiger partial charge on any atom is 0.0683 e. The molecule has 0 saturated heterocycles. The summed E-state index contributed by atoms with van der Waals surface area (Å²) in [6, 6.07) is 22.0. The minimum absolute atomic E-state index is 0.654. The molecule has 0 amide bonds. The lowest BCUT2D eigenvalue weighted by atomic mass is 10.0. The van der Waals surface area contributed by atoms with Crippen LogP contribution in [-0.4, -0.2) is 8.07 Å². The zero-order valence-electron chi connectivity index (χ0n) is 13.2. The van der Waals surface area contributed by atoms with Crippen LogP contribution in [0.25, 0.3) is 0 Å². The first kappa shape index (κ1) is 14.3. The second kappa shape index (κ2) is 5.65. The van der Waals surface area contributed by atoms with E-state index in [0.29, 0.717) is 17.8 Å². The van der Waals surface area contributed by atoms with E-state index < -0.39 is 8.07 Å². The Hall–Kier alpha value is -1.60. The van der Waals surface area contributed by atoms with E-state index in [1.807, 2.05) is 0 Å². The first-order valence-electron chi connectivity index (χ1n) is 7.85. The van der Waals surface area contributed by atoms with Crippen molar-refractivity contribution in [3.8, 4) is 0 Å². The van der Waals surface area contributed by atoms with E-state index in [0.717, 1.165) is 0 Å². The summed E-state index contributed by atoms with van der Waals surface area (Å²) >= 11 is 0. The Balaban J connectivity index is 1.88. The molecule has 0 nitrogen and oxygen atoms in total. The fourth-order valence-electron chi connectivity index (χ4n) is 3.18. The predicted octanol–water partition coefficient (Wildman–Crippen LogP) is 5.62. The lowest BCUT2D eigenvalue weighted by Crippen LogP contribution is -2.15. The van der Waals surface area contributed by atoms with Crippen molar-refractivity contribution in [3.63, 3.8) is 0 Å². The van der Waals surface area contributed by atoms with Crippen LogP contribution in [-0.2, 0) is 0 Å². The summed E-state index contributed by atoms with van der Waals surface area (Å²) in [5.74, 6) is 1.98.